The van der Waals surface area contributed by atoms with E-state index in [0.29, 0.717) is 0 Å². The monoisotopic (exact) mass is 159 g/mol. The van der Waals surface area contributed by atoms with E-state index in [9.17, 15) is 0 Å². The Morgan fingerprint density at radius 3 is 2.27 bits per heavy atom. The van der Waals surface area contributed by atoms with Gasteiger partial charge in [-0.2, -0.15) is 0 Å². The topological polar surface area (TPSA) is 46.2 Å². The van der Waals surface area contributed by atoms with Gasteiger partial charge >= 0.3 is 0 Å². The van der Waals surface area contributed by atoms with Gasteiger partial charge in [0.1, 0.15) is 0 Å². The first-order valence-electron chi connectivity index (χ1n) is 4.43. The number of hydrogen-bond donors (Lipinski definition) is 2. The van der Waals surface area contributed by atoms with Gasteiger partial charge in [0.25, 0.3) is 0 Å². The van der Waals surface area contributed by atoms with Crippen LogP contribution in [0.1, 0.15) is 40.0 Å². The molecule has 0 aromatic rings. The first-order valence-corrected chi connectivity index (χ1v) is 4.43. The number of rotatable bonds is 5. The summed E-state index contributed by atoms with van der Waals surface area (Å²) in [6.07, 6.45) is 3.06. The summed E-state index contributed by atoms with van der Waals surface area (Å²) in [4.78, 5) is 0. The van der Waals surface area contributed by atoms with Crippen molar-refractivity contribution in [1.29, 1.82) is 0 Å². The Morgan fingerprint density at radius 2 is 2.00 bits per heavy atom. The normalized spacial score (nSPS) is 19.4. The maximum atomic E-state index is 8.82. The molecule has 0 spiro atoms. The third-order valence-electron chi connectivity index (χ3n) is 2.60. The van der Waals surface area contributed by atoms with Crippen molar-refractivity contribution in [3.05, 3.63) is 0 Å². The lowest BCUT2D eigenvalue weighted by Crippen LogP contribution is -2.37. The molecular weight excluding hydrogens is 138 g/mol. The van der Waals surface area contributed by atoms with Crippen molar-refractivity contribution >= 4 is 0 Å². The van der Waals surface area contributed by atoms with Crippen LogP contribution < -0.4 is 5.73 Å². The smallest absolute Gasteiger partial charge is 0.0436 e. The van der Waals surface area contributed by atoms with Crippen molar-refractivity contribution in [3.8, 4) is 0 Å². The summed E-state index contributed by atoms with van der Waals surface area (Å²) >= 11 is 0. The van der Waals surface area contributed by atoms with Crippen molar-refractivity contribution < 1.29 is 5.11 Å². The van der Waals surface area contributed by atoms with E-state index in [1.807, 2.05) is 6.92 Å². The van der Waals surface area contributed by atoms with Gasteiger partial charge in [0.05, 0.1) is 0 Å². The molecular formula is C9H21NO. The summed E-state index contributed by atoms with van der Waals surface area (Å²) < 4.78 is 0. The van der Waals surface area contributed by atoms with E-state index >= 15 is 0 Å². The molecule has 2 atom stereocenters. The zero-order chi connectivity index (χ0) is 8.91. The number of aliphatic hydroxyl groups is 1. The molecule has 11 heavy (non-hydrogen) atoms. The van der Waals surface area contributed by atoms with Gasteiger partial charge in [0.2, 0.25) is 0 Å². The lowest BCUT2D eigenvalue weighted by atomic mass is 9.77. The molecule has 0 radical (unpaired) electrons. The van der Waals surface area contributed by atoms with Gasteiger partial charge in [-0.15, -0.1) is 0 Å². The predicted octanol–water partition coefficient (Wildman–Crippen LogP) is 1.52. The van der Waals surface area contributed by atoms with Gasteiger partial charge in [0, 0.05) is 12.6 Å². The lowest BCUT2D eigenvalue weighted by Gasteiger charge is -2.32. The van der Waals surface area contributed by atoms with E-state index < -0.39 is 0 Å². The van der Waals surface area contributed by atoms with Crippen LogP contribution in [0, 0.1) is 5.41 Å². The highest BCUT2D eigenvalue weighted by atomic mass is 16.3. The molecule has 0 aliphatic heterocycles. The Hall–Kier alpha value is -0.0800. The van der Waals surface area contributed by atoms with Crippen LogP contribution in [-0.2, 0) is 0 Å². The average molecular weight is 159 g/mol. The van der Waals surface area contributed by atoms with Gasteiger partial charge < -0.3 is 10.8 Å². The molecule has 0 saturated heterocycles. The molecule has 0 amide bonds. The van der Waals surface area contributed by atoms with Gasteiger partial charge in [-0.25, -0.2) is 0 Å². The molecule has 0 fully saturated rings. The standard InChI is InChI=1S/C9H21NO/c1-4-5-9(3,6-7-11)8(2)10/h8,11H,4-7,10H2,1-3H3. The van der Waals surface area contributed by atoms with Gasteiger partial charge in [-0.1, -0.05) is 20.3 Å². The van der Waals surface area contributed by atoms with Crippen LogP contribution in [-0.4, -0.2) is 17.8 Å². The van der Waals surface area contributed by atoms with E-state index in [1.165, 1.54) is 0 Å². The molecule has 0 aromatic carbocycles. The third kappa shape index (κ3) is 3.21. The maximum absolute atomic E-state index is 8.82. The molecule has 2 heteroatoms. The van der Waals surface area contributed by atoms with Gasteiger partial charge in [0.15, 0.2) is 0 Å². The van der Waals surface area contributed by atoms with Crippen LogP contribution in [0.5, 0.6) is 0 Å². The molecule has 0 bridgehead atoms. The van der Waals surface area contributed by atoms with Crippen molar-refractivity contribution in [2.45, 2.75) is 46.1 Å². The van der Waals surface area contributed by atoms with Crippen LogP contribution in [0.3, 0.4) is 0 Å². The summed E-state index contributed by atoms with van der Waals surface area (Å²) in [5.41, 5.74) is 5.96. The van der Waals surface area contributed by atoms with E-state index in [2.05, 4.69) is 13.8 Å². The zero-order valence-corrected chi connectivity index (χ0v) is 7.93. The van der Waals surface area contributed by atoms with Gasteiger partial charge in [-0.3, -0.25) is 0 Å². The Morgan fingerprint density at radius 1 is 1.45 bits per heavy atom. The third-order valence-corrected chi connectivity index (χ3v) is 2.60. The Balaban J connectivity index is 4.01. The molecule has 3 N–H and O–H groups in total. The summed E-state index contributed by atoms with van der Waals surface area (Å²) in [6.45, 7) is 6.57. The van der Waals surface area contributed by atoms with Crippen LogP contribution in [0.2, 0.25) is 0 Å². The fourth-order valence-electron chi connectivity index (χ4n) is 1.41. The van der Waals surface area contributed by atoms with E-state index in [1.54, 1.807) is 0 Å². The summed E-state index contributed by atoms with van der Waals surface area (Å²) in [6, 6.07) is 0.176. The van der Waals surface area contributed by atoms with Crippen LogP contribution >= 0.6 is 0 Å². The average Bonchev–Trinajstić information content (AvgIpc) is 1.88. The first-order chi connectivity index (χ1) is 5.06. The highest BCUT2D eigenvalue weighted by molar-refractivity contribution is 4.81. The summed E-state index contributed by atoms with van der Waals surface area (Å²) in [5.74, 6) is 0. The zero-order valence-electron chi connectivity index (χ0n) is 7.93. The molecule has 2 nitrogen and oxygen atoms in total. The quantitative estimate of drug-likeness (QED) is 0.639. The van der Waals surface area contributed by atoms with E-state index in [0.717, 1.165) is 19.3 Å². The van der Waals surface area contributed by atoms with Crippen LogP contribution in [0.25, 0.3) is 0 Å². The number of nitrogens with two attached hydrogens (primary N) is 1. The Kier molecular flexibility index (Phi) is 4.69. The predicted molar refractivity (Wildman–Crippen MR) is 48.4 cm³/mol. The minimum atomic E-state index is 0.128. The maximum Gasteiger partial charge on any atom is 0.0436 e. The number of aliphatic hydroxyl groups excluding tert-OH is 1. The van der Waals surface area contributed by atoms with E-state index in [-0.39, 0.29) is 18.1 Å². The summed E-state index contributed by atoms with van der Waals surface area (Å²) in [5, 5.41) is 8.82. The van der Waals surface area contributed by atoms with Crippen molar-refractivity contribution in [1.82, 2.24) is 0 Å². The second kappa shape index (κ2) is 4.73. The molecule has 2 unspecified atom stereocenters. The van der Waals surface area contributed by atoms with Crippen LogP contribution in [0.4, 0.5) is 0 Å². The van der Waals surface area contributed by atoms with Gasteiger partial charge in [-0.05, 0) is 25.2 Å². The molecule has 0 aliphatic carbocycles. The fourth-order valence-corrected chi connectivity index (χ4v) is 1.41. The summed E-state index contributed by atoms with van der Waals surface area (Å²) in [7, 11) is 0. The second-order valence-corrected chi connectivity index (χ2v) is 3.67. The van der Waals surface area contributed by atoms with Crippen molar-refractivity contribution in [3.63, 3.8) is 0 Å². The minimum Gasteiger partial charge on any atom is -0.396 e. The fraction of sp³-hybridized carbons (Fsp3) is 1.00. The molecule has 68 valence electrons. The lowest BCUT2D eigenvalue weighted by molar-refractivity contribution is 0.160. The highest BCUT2D eigenvalue weighted by Gasteiger charge is 2.26. The van der Waals surface area contributed by atoms with Crippen molar-refractivity contribution in [2.75, 3.05) is 6.61 Å². The van der Waals surface area contributed by atoms with Crippen LogP contribution in [0.15, 0.2) is 0 Å². The highest BCUT2D eigenvalue weighted by Crippen LogP contribution is 2.29. The Labute approximate surface area is 69.8 Å². The molecule has 0 heterocycles. The largest absolute Gasteiger partial charge is 0.396 e. The molecule has 0 aromatic heterocycles. The SMILES string of the molecule is CCCC(C)(CCO)C(C)N. The Bertz CT molecular complexity index is 95.7. The molecule has 0 aliphatic rings. The van der Waals surface area contributed by atoms with Crippen molar-refractivity contribution in [2.24, 2.45) is 11.1 Å². The first kappa shape index (κ1) is 10.9. The number of hydrogen-bond acceptors (Lipinski definition) is 2. The van der Waals surface area contributed by atoms with E-state index in [4.69, 9.17) is 10.8 Å². The molecule has 0 rings (SSSR count). The minimum absolute atomic E-state index is 0.128. The molecule has 0 saturated carbocycles. The second-order valence-electron chi connectivity index (χ2n) is 3.67.